The summed E-state index contributed by atoms with van der Waals surface area (Å²) in [4.78, 5) is 68.3. The zero-order chi connectivity index (χ0) is 68.2. The molecule has 0 unspecified atom stereocenters. The average molecular weight is 1350 g/mol. The molecule has 4 aromatic carbocycles. The molecule has 2 aliphatic heterocycles. The fourth-order valence-corrected chi connectivity index (χ4v) is 14.3. The van der Waals surface area contributed by atoms with Crippen LogP contribution in [0, 0.1) is 33.5 Å². The Morgan fingerprint density at radius 1 is 0.581 bits per heavy atom. The largest absolute Gasteiger partial charge is 0.478 e. The predicted octanol–water partition coefficient (Wildman–Crippen LogP) is 16.2. The molecule has 93 heavy (non-hydrogen) atoms. The number of benzene rings is 4. The Morgan fingerprint density at radius 2 is 0.935 bits per heavy atom. The summed E-state index contributed by atoms with van der Waals surface area (Å²) in [6.07, 6.45) is 10.3. The van der Waals surface area contributed by atoms with Crippen molar-refractivity contribution < 1.29 is 24.3 Å². The number of tetrazole rings is 2. The fourth-order valence-electron chi connectivity index (χ4n) is 13.2. The molecule has 10 rings (SSSR count). The van der Waals surface area contributed by atoms with Crippen molar-refractivity contribution in [2.75, 3.05) is 0 Å². The molecule has 2 saturated carbocycles. The lowest BCUT2D eigenvalue weighted by atomic mass is 9.69. The minimum Gasteiger partial charge on any atom is -0.478 e. The van der Waals surface area contributed by atoms with Gasteiger partial charge in [0, 0.05) is 36.8 Å². The standard InChI is InChI=1S/C35H45Cl2N7O2.C32H40Cl2N2O3.C3H7N5/c1-21(30-40-42-43-41-30)38-31(45)23-10-8-22(9-11-23)28(14-15-33(2,3)4)44-32(46)29(24-18-26(36)20-27(37)19-24)39-35(44)16-12-25(13-17-35)34(5,6)7;1-30(2,3)14-13-26(20-7-9-21(10-8-20)29(38)39)36-28(37)27(22-17-24(33)19-25(34)18-22)35-32(36)15-11-23(12-16-32)31(4,5)6;1-2(4)3-5-7-8-6-3/h8-11,18-21,25,28H,12-17H2,1-7H3,(H,38,45)(H,40,41,42,43);7-10,17-19,23,26H,11-16H2,1-6H3,(H,38,39);2H,4H2,1H3,(H,5,6,7,8)/t21-,25?,28-,35?;23?,26-,32?;2-/m111/s1. The van der Waals surface area contributed by atoms with Gasteiger partial charge in [0.15, 0.2) is 11.6 Å². The number of carboxylic acid groups (broad SMARTS) is 1. The van der Waals surface area contributed by atoms with Gasteiger partial charge in [-0.05, 0) is 196 Å². The van der Waals surface area contributed by atoms with Crippen molar-refractivity contribution in [3.05, 3.63) is 150 Å². The smallest absolute Gasteiger partial charge is 0.335 e. The topological polar surface area (TPSA) is 267 Å². The van der Waals surface area contributed by atoms with Crippen molar-refractivity contribution in [1.29, 1.82) is 0 Å². The molecule has 23 heteroatoms. The zero-order valence-corrected chi connectivity index (χ0v) is 59.2. The number of aromatic nitrogens is 8. The van der Waals surface area contributed by atoms with Crippen LogP contribution in [0.25, 0.3) is 0 Å². The van der Waals surface area contributed by atoms with Gasteiger partial charge in [0.2, 0.25) is 0 Å². The first-order valence-corrected chi connectivity index (χ1v) is 33.7. The molecule has 2 fully saturated rings. The number of hydrogen-bond donors (Lipinski definition) is 5. The van der Waals surface area contributed by atoms with Crippen molar-refractivity contribution in [3.8, 4) is 0 Å². The molecular formula is C70H92Cl4N14O5. The molecule has 6 N–H and O–H groups in total. The van der Waals surface area contributed by atoms with Crippen molar-refractivity contribution in [2.24, 2.45) is 49.2 Å². The van der Waals surface area contributed by atoms with Crippen LogP contribution >= 0.6 is 46.4 Å². The van der Waals surface area contributed by atoms with E-state index in [2.05, 4.69) is 135 Å². The van der Waals surface area contributed by atoms with E-state index in [1.807, 2.05) is 41.3 Å². The third-order valence-electron chi connectivity index (χ3n) is 18.6. The molecule has 19 nitrogen and oxygen atoms in total. The minimum absolute atomic E-state index is 0.0490. The molecule has 2 aliphatic carbocycles. The molecule has 4 aliphatic rings. The normalized spacial score (nSPS) is 21.5. The van der Waals surface area contributed by atoms with Gasteiger partial charge in [0.25, 0.3) is 17.7 Å². The highest BCUT2D eigenvalue weighted by atomic mass is 35.5. The van der Waals surface area contributed by atoms with Crippen LogP contribution in [0.5, 0.6) is 0 Å². The molecule has 3 amide bonds. The molecule has 2 aromatic heterocycles. The first kappa shape index (κ1) is 72.2. The number of amides is 3. The van der Waals surface area contributed by atoms with E-state index in [0.717, 1.165) is 88.2 Å². The Kier molecular flexibility index (Phi) is 22.6. The summed E-state index contributed by atoms with van der Waals surface area (Å²) >= 11 is 25.5. The third kappa shape index (κ3) is 18.0. The summed E-state index contributed by atoms with van der Waals surface area (Å²) in [6.45, 7) is 30.6. The highest BCUT2D eigenvalue weighted by Crippen LogP contribution is 2.53. The Morgan fingerprint density at radius 3 is 1.24 bits per heavy atom. The Hall–Kier alpha value is -6.64. The monoisotopic (exact) mass is 1350 g/mol. The second-order valence-electron chi connectivity index (χ2n) is 30.1. The van der Waals surface area contributed by atoms with Crippen molar-refractivity contribution in [1.82, 2.24) is 56.4 Å². The van der Waals surface area contributed by atoms with E-state index in [-0.39, 0.29) is 63.1 Å². The summed E-state index contributed by atoms with van der Waals surface area (Å²) in [5.41, 5.74) is 9.20. The SMILES string of the molecule is CC(C)(C)CC[C@H](c1ccc(C(=O)O)cc1)N1C(=O)C(c2cc(Cl)cc(Cl)c2)=NC12CCC(C(C)(C)C)CC2.C[C@@H](N)c1nn[nH]n1.C[C@@H](NC(=O)c1ccc([C@@H](CCC(C)(C)C)N2C(=O)C(c3cc(Cl)cc(Cl)c3)=NC23CCC(C(C)(C)C)CC3)cc1)c1nn[nH]n1. The summed E-state index contributed by atoms with van der Waals surface area (Å²) < 4.78 is 0. The number of hydrogen-bond acceptors (Lipinski definition) is 13. The quantitative estimate of drug-likeness (QED) is 0.0642. The lowest BCUT2D eigenvalue weighted by molar-refractivity contribution is -0.134. The Bertz CT molecular complexity index is 3590. The second-order valence-corrected chi connectivity index (χ2v) is 31.9. The van der Waals surface area contributed by atoms with Gasteiger partial charge in [0.05, 0.1) is 29.7 Å². The molecule has 0 bridgehead atoms. The van der Waals surface area contributed by atoms with Gasteiger partial charge in [0.1, 0.15) is 22.7 Å². The molecule has 4 atom stereocenters. The van der Waals surface area contributed by atoms with Crippen LogP contribution < -0.4 is 11.1 Å². The fraction of sp³-hybridized carbons (Fsp3) is 0.543. The highest BCUT2D eigenvalue weighted by Gasteiger charge is 2.55. The van der Waals surface area contributed by atoms with Gasteiger partial charge >= 0.3 is 5.97 Å². The van der Waals surface area contributed by atoms with Gasteiger partial charge in [-0.2, -0.15) is 10.4 Å². The number of aliphatic imine (C=N–C) groups is 2. The number of H-pyrrole nitrogens is 2. The van der Waals surface area contributed by atoms with Crippen LogP contribution in [0.15, 0.2) is 94.9 Å². The minimum atomic E-state index is -0.967. The van der Waals surface area contributed by atoms with Crippen LogP contribution in [-0.4, -0.2) is 103 Å². The summed E-state index contributed by atoms with van der Waals surface area (Å²) in [7, 11) is 0. The number of carbonyl (C=O) groups excluding carboxylic acids is 3. The van der Waals surface area contributed by atoms with Gasteiger partial charge in [-0.25, -0.2) is 4.79 Å². The van der Waals surface area contributed by atoms with E-state index < -0.39 is 23.3 Å². The first-order chi connectivity index (χ1) is 43.5. The molecule has 500 valence electrons. The molecule has 4 heterocycles. The molecule has 0 radical (unpaired) electrons. The lowest BCUT2D eigenvalue weighted by Crippen LogP contribution is -2.51. The number of nitrogens with two attached hydrogens (primary N) is 1. The highest BCUT2D eigenvalue weighted by molar-refractivity contribution is 6.48. The van der Waals surface area contributed by atoms with Crippen LogP contribution in [0.4, 0.5) is 0 Å². The number of rotatable bonds is 15. The number of carboxylic acids is 1. The Labute approximate surface area is 567 Å². The lowest BCUT2D eigenvalue weighted by Gasteiger charge is -2.47. The predicted molar refractivity (Wildman–Crippen MR) is 368 cm³/mol. The van der Waals surface area contributed by atoms with Gasteiger partial charge < -0.3 is 26.0 Å². The summed E-state index contributed by atoms with van der Waals surface area (Å²) in [6, 6.07) is 23.9. The second kappa shape index (κ2) is 29.1. The van der Waals surface area contributed by atoms with Crippen LogP contribution in [0.2, 0.25) is 20.1 Å². The van der Waals surface area contributed by atoms with E-state index in [4.69, 9.17) is 62.1 Å². The van der Waals surface area contributed by atoms with E-state index >= 15 is 0 Å². The number of halogens is 4. The summed E-state index contributed by atoms with van der Waals surface area (Å²) in [5, 5.41) is 41.1. The maximum absolute atomic E-state index is 14.7. The van der Waals surface area contributed by atoms with Gasteiger partial charge in [-0.3, -0.25) is 24.4 Å². The number of aromatic amines is 2. The maximum Gasteiger partial charge on any atom is 0.335 e. The van der Waals surface area contributed by atoms with E-state index in [0.29, 0.717) is 71.7 Å². The van der Waals surface area contributed by atoms with E-state index in [1.54, 1.807) is 62.4 Å². The van der Waals surface area contributed by atoms with Crippen LogP contribution in [-0.2, 0) is 9.59 Å². The molecule has 0 saturated heterocycles. The zero-order valence-electron chi connectivity index (χ0n) is 56.2. The van der Waals surface area contributed by atoms with Gasteiger partial charge in [-0.15, -0.1) is 20.4 Å². The molecule has 2 spiro atoms. The Balaban J connectivity index is 0.000000215. The van der Waals surface area contributed by atoms with E-state index in [1.165, 1.54) is 0 Å². The number of nitrogens with one attached hydrogen (secondary N) is 3. The molecular weight excluding hydrogens is 1260 g/mol. The van der Waals surface area contributed by atoms with E-state index in [9.17, 15) is 24.3 Å². The maximum atomic E-state index is 14.7. The van der Waals surface area contributed by atoms with Crippen LogP contribution in [0.1, 0.15) is 253 Å². The number of aromatic carboxylic acids is 1. The van der Waals surface area contributed by atoms with Crippen molar-refractivity contribution in [2.45, 2.75) is 209 Å². The number of nitrogens with zero attached hydrogens (tertiary/aromatic N) is 10. The van der Waals surface area contributed by atoms with Crippen molar-refractivity contribution >= 4 is 81.5 Å². The number of carbonyl (C=O) groups is 4. The average Bonchev–Trinajstić information content (AvgIpc) is 1.60. The van der Waals surface area contributed by atoms with Crippen LogP contribution in [0.3, 0.4) is 0 Å². The van der Waals surface area contributed by atoms with Crippen molar-refractivity contribution in [3.63, 3.8) is 0 Å². The van der Waals surface area contributed by atoms with Gasteiger partial charge in [-0.1, -0.05) is 164 Å². The third-order valence-corrected chi connectivity index (χ3v) is 19.5. The molecule has 6 aromatic rings. The summed E-state index contributed by atoms with van der Waals surface area (Å²) in [5.74, 6) is 0.593. The first-order valence-electron chi connectivity index (χ1n) is 32.2.